The van der Waals surface area contributed by atoms with Crippen LogP contribution in [-0.2, 0) is 9.47 Å². The lowest BCUT2D eigenvalue weighted by molar-refractivity contribution is -0.159. The van der Waals surface area contributed by atoms with E-state index >= 15 is 0 Å². The van der Waals surface area contributed by atoms with Gasteiger partial charge in [0.15, 0.2) is 0 Å². The predicted molar refractivity (Wildman–Crippen MR) is 50.7 cm³/mol. The van der Waals surface area contributed by atoms with Gasteiger partial charge in [-0.3, -0.25) is 0 Å². The van der Waals surface area contributed by atoms with Crippen molar-refractivity contribution in [2.75, 3.05) is 40.0 Å². The molecule has 0 atom stereocenters. The maximum atomic E-state index is 5.38. The molecule has 2 saturated heterocycles. The average molecular weight is 185 g/mol. The highest BCUT2D eigenvalue weighted by atomic mass is 16.5. The Morgan fingerprint density at radius 3 is 2.38 bits per heavy atom. The molecule has 2 fully saturated rings. The molecular formula is C10H19NO2. The fraction of sp³-hybridized carbons (Fsp3) is 1.00. The number of hydrogen-bond acceptors (Lipinski definition) is 3. The topological polar surface area (TPSA) is 30.5 Å². The van der Waals surface area contributed by atoms with Crippen LogP contribution in [0.15, 0.2) is 0 Å². The van der Waals surface area contributed by atoms with Crippen LogP contribution in [0.3, 0.4) is 0 Å². The Morgan fingerprint density at radius 1 is 1.23 bits per heavy atom. The summed E-state index contributed by atoms with van der Waals surface area (Å²) >= 11 is 0. The number of hydrogen-bond donors (Lipinski definition) is 1. The Bertz CT molecular complexity index is 162. The normalized spacial score (nSPS) is 28.4. The highest BCUT2D eigenvalue weighted by Gasteiger charge is 2.45. The first kappa shape index (κ1) is 9.44. The molecule has 13 heavy (non-hydrogen) atoms. The lowest BCUT2D eigenvalue weighted by Crippen LogP contribution is -2.55. The van der Waals surface area contributed by atoms with Gasteiger partial charge in [-0.2, -0.15) is 0 Å². The van der Waals surface area contributed by atoms with Crippen molar-refractivity contribution in [3.05, 3.63) is 0 Å². The van der Waals surface area contributed by atoms with E-state index in [9.17, 15) is 0 Å². The smallest absolute Gasteiger partial charge is 0.0559 e. The molecule has 0 aromatic rings. The summed E-state index contributed by atoms with van der Waals surface area (Å²) in [5.41, 5.74) is 0.429. The standard InChI is InChI=1S/C10H19NO2/c1-11-6-10(7-13-8-10)9-2-4-12-5-3-9/h9,11H,2-8H2,1H3. The van der Waals surface area contributed by atoms with Crippen LogP contribution < -0.4 is 5.32 Å². The largest absolute Gasteiger partial charge is 0.381 e. The van der Waals surface area contributed by atoms with E-state index in [1.54, 1.807) is 0 Å². The van der Waals surface area contributed by atoms with Crippen LogP contribution in [0.25, 0.3) is 0 Å². The highest BCUT2D eigenvalue weighted by Crippen LogP contribution is 2.40. The first-order valence-electron chi connectivity index (χ1n) is 5.17. The number of nitrogens with one attached hydrogen (secondary N) is 1. The second-order valence-corrected chi connectivity index (χ2v) is 4.27. The molecule has 0 spiro atoms. The number of rotatable bonds is 3. The van der Waals surface area contributed by atoms with Crippen LogP contribution in [-0.4, -0.2) is 40.0 Å². The molecule has 2 aliphatic rings. The lowest BCUT2D eigenvalue weighted by Gasteiger charge is -2.48. The monoisotopic (exact) mass is 185 g/mol. The summed E-state index contributed by atoms with van der Waals surface area (Å²) in [6, 6.07) is 0. The molecule has 2 aliphatic heterocycles. The highest BCUT2D eigenvalue weighted by molar-refractivity contribution is 4.94. The summed E-state index contributed by atoms with van der Waals surface area (Å²) in [6.07, 6.45) is 2.43. The summed E-state index contributed by atoms with van der Waals surface area (Å²) in [4.78, 5) is 0. The molecule has 0 bridgehead atoms. The van der Waals surface area contributed by atoms with E-state index in [-0.39, 0.29) is 0 Å². The SMILES string of the molecule is CNCC1(C2CCOCC2)COC1. The Hall–Kier alpha value is -0.120. The van der Waals surface area contributed by atoms with E-state index in [4.69, 9.17) is 9.47 Å². The molecule has 0 unspecified atom stereocenters. The van der Waals surface area contributed by atoms with Crippen molar-refractivity contribution in [1.29, 1.82) is 0 Å². The molecule has 0 aromatic heterocycles. The third kappa shape index (κ3) is 1.73. The zero-order valence-corrected chi connectivity index (χ0v) is 8.34. The van der Waals surface area contributed by atoms with E-state index in [1.165, 1.54) is 12.8 Å². The fourth-order valence-electron chi connectivity index (χ4n) is 2.51. The fourth-order valence-corrected chi connectivity index (χ4v) is 2.51. The van der Waals surface area contributed by atoms with Crippen molar-refractivity contribution in [1.82, 2.24) is 5.32 Å². The molecule has 3 nitrogen and oxygen atoms in total. The minimum atomic E-state index is 0.429. The zero-order valence-electron chi connectivity index (χ0n) is 8.34. The first-order chi connectivity index (χ1) is 6.37. The van der Waals surface area contributed by atoms with Gasteiger partial charge in [0.1, 0.15) is 0 Å². The van der Waals surface area contributed by atoms with Gasteiger partial charge in [0.2, 0.25) is 0 Å². The quantitative estimate of drug-likeness (QED) is 0.700. The van der Waals surface area contributed by atoms with E-state index in [0.29, 0.717) is 5.41 Å². The molecule has 2 rings (SSSR count). The molecule has 2 heterocycles. The second kappa shape index (κ2) is 3.95. The van der Waals surface area contributed by atoms with Gasteiger partial charge in [0.25, 0.3) is 0 Å². The maximum Gasteiger partial charge on any atom is 0.0559 e. The van der Waals surface area contributed by atoms with Crippen molar-refractivity contribution in [2.24, 2.45) is 11.3 Å². The summed E-state index contributed by atoms with van der Waals surface area (Å²) in [5, 5.41) is 3.29. The van der Waals surface area contributed by atoms with Crippen LogP contribution >= 0.6 is 0 Å². The molecule has 76 valence electrons. The Morgan fingerprint density at radius 2 is 1.92 bits per heavy atom. The van der Waals surface area contributed by atoms with Crippen molar-refractivity contribution in [3.63, 3.8) is 0 Å². The van der Waals surface area contributed by atoms with E-state index in [1.807, 2.05) is 7.05 Å². The molecule has 0 aliphatic carbocycles. The van der Waals surface area contributed by atoms with Gasteiger partial charge in [0.05, 0.1) is 13.2 Å². The molecule has 0 radical (unpaired) electrons. The van der Waals surface area contributed by atoms with Crippen molar-refractivity contribution in [2.45, 2.75) is 12.8 Å². The Labute approximate surface area is 79.8 Å². The van der Waals surface area contributed by atoms with Gasteiger partial charge in [-0.05, 0) is 25.8 Å². The lowest BCUT2D eigenvalue weighted by atomic mass is 9.70. The molecule has 0 saturated carbocycles. The molecule has 0 amide bonds. The molecule has 3 heteroatoms. The van der Waals surface area contributed by atoms with E-state index in [2.05, 4.69) is 5.32 Å². The molecule has 1 N–H and O–H groups in total. The van der Waals surface area contributed by atoms with Crippen molar-refractivity contribution >= 4 is 0 Å². The Balaban J connectivity index is 1.93. The third-order valence-corrected chi connectivity index (χ3v) is 3.40. The minimum Gasteiger partial charge on any atom is -0.381 e. The van der Waals surface area contributed by atoms with Crippen molar-refractivity contribution < 1.29 is 9.47 Å². The van der Waals surface area contributed by atoms with E-state index < -0.39 is 0 Å². The van der Waals surface area contributed by atoms with Gasteiger partial charge >= 0.3 is 0 Å². The van der Waals surface area contributed by atoms with Crippen LogP contribution in [0.5, 0.6) is 0 Å². The second-order valence-electron chi connectivity index (χ2n) is 4.27. The number of ether oxygens (including phenoxy) is 2. The molecular weight excluding hydrogens is 166 g/mol. The molecule has 0 aromatic carbocycles. The zero-order chi connectivity index (χ0) is 9.15. The van der Waals surface area contributed by atoms with Crippen LogP contribution in [0.4, 0.5) is 0 Å². The van der Waals surface area contributed by atoms with Gasteiger partial charge in [-0.15, -0.1) is 0 Å². The van der Waals surface area contributed by atoms with Gasteiger partial charge in [-0.1, -0.05) is 0 Å². The summed E-state index contributed by atoms with van der Waals surface area (Å²) in [6.45, 7) is 4.86. The average Bonchev–Trinajstić information content (AvgIpc) is 2.13. The van der Waals surface area contributed by atoms with Gasteiger partial charge < -0.3 is 14.8 Å². The van der Waals surface area contributed by atoms with Crippen molar-refractivity contribution in [3.8, 4) is 0 Å². The van der Waals surface area contributed by atoms with Crippen LogP contribution in [0.2, 0.25) is 0 Å². The summed E-state index contributed by atoms with van der Waals surface area (Å²) < 4.78 is 10.7. The maximum absolute atomic E-state index is 5.38. The van der Waals surface area contributed by atoms with Gasteiger partial charge in [0, 0.05) is 25.2 Å². The van der Waals surface area contributed by atoms with Crippen LogP contribution in [0, 0.1) is 11.3 Å². The first-order valence-corrected chi connectivity index (χ1v) is 5.17. The minimum absolute atomic E-state index is 0.429. The summed E-state index contributed by atoms with van der Waals surface area (Å²) in [5.74, 6) is 0.808. The van der Waals surface area contributed by atoms with Gasteiger partial charge in [-0.25, -0.2) is 0 Å². The summed E-state index contributed by atoms with van der Waals surface area (Å²) in [7, 11) is 2.03. The van der Waals surface area contributed by atoms with Crippen LogP contribution in [0.1, 0.15) is 12.8 Å². The predicted octanol–water partition coefficient (Wildman–Crippen LogP) is 0.649. The van der Waals surface area contributed by atoms with E-state index in [0.717, 1.165) is 38.9 Å². The Kier molecular flexibility index (Phi) is 2.86. The third-order valence-electron chi connectivity index (χ3n) is 3.40.